The van der Waals surface area contributed by atoms with Crippen molar-refractivity contribution in [1.82, 2.24) is 5.32 Å². The molecule has 0 saturated heterocycles. The molecule has 112 valence electrons. The van der Waals surface area contributed by atoms with Crippen molar-refractivity contribution < 1.29 is 4.74 Å². The lowest BCUT2D eigenvalue weighted by Crippen LogP contribution is -2.36. The molecule has 21 heavy (non-hydrogen) atoms. The Hall–Kier alpha value is -1.80. The Morgan fingerprint density at radius 3 is 2.29 bits per heavy atom. The normalized spacial score (nSPS) is 12.1. The molecule has 0 aliphatic carbocycles. The lowest BCUT2D eigenvalue weighted by atomic mass is 10.0. The monoisotopic (exact) mass is 283 g/mol. The van der Waals surface area contributed by atoms with Crippen molar-refractivity contribution >= 4 is 0 Å². The van der Waals surface area contributed by atoms with Crippen molar-refractivity contribution in [3.05, 3.63) is 65.2 Å². The SMILES string of the molecule is CCNC(COc1ccccc1)Cc1cc(C)cc(C)c1. The van der Waals surface area contributed by atoms with E-state index in [2.05, 4.69) is 44.3 Å². The first kappa shape index (κ1) is 15.6. The minimum atomic E-state index is 0.330. The third-order valence-corrected chi connectivity index (χ3v) is 3.45. The van der Waals surface area contributed by atoms with Crippen molar-refractivity contribution in [1.29, 1.82) is 0 Å². The lowest BCUT2D eigenvalue weighted by molar-refractivity contribution is 0.265. The fraction of sp³-hybridized carbons (Fsp3) is 0.368. The van der Waals surface area contributed by atoms with Crippen LogP contribution >= 0.6 is 0 Å². The minimum absolute atomic E-state index is 0.330. The van der Waals surface area contributed by atoms with Crippen molar-refractivity contribution in [2.45, 2.75) is 33.2 Å². The molecule has 0 aromatic heterocycles. The van der Waals surface area contributed by atoms with Crippen LogP contribution in [0.15, 0.2) is 48.5 Å². The molecule has 2 nitrogen and oxygen atoms in total. The molecule has 0 spiro atoms. The first-order valence-corrected chi connectivity index (χ1v) is 7.65. The Labute approximate surface area is 128 Å². The van der Waals surface area contributed by atoms with E-state index in [1.807, 2.05) is 30.3 Å². The molecule has 0 heterocycles. The second kappa shape index (κ2) is 7.84. The zero-order valence-corrected chi connectivity index (χ0v) is 13.2. The van der Waals surface area contributed by atoms with Gasteiger partial charge >= 0.3 is 0 Å². The summed E-state index contributed by atoms with van der Waals surface area (Å²) in [5, 5.41) is 3.52. The number of hydrogen-bond acceptors (Lipinski definition) is 2. The molecule has 1 N–H and O–H groups in total. The number of benzene rings is 2. The van der Waals surface area contributed by atoms with E-state index in [1.165, 1.54) is 16.7 Å². The van der Waals surface area contributed by atoms with E-state index >= 15 is 0 Å². The van der Waals surface area contributed by atoms with Gasteiger partial charge in [-0.05, 0) is 44.5 Å². The molecule has 0 fully saturated rings. The first-order valence-electron chi connectivity index (χ1n) is 7.65. The molecule has 0 saturated carbocycles. The van der Waals surface area contributed by atoms with Crippen molar-refractivity contribution in [3.63, 3.8) is 0 Å². The second-order valence-electron chi connectivity index (χ2n) is 5.58. The van der Waals surface area contributed by atoms with E-state index in [0.717, 1.165) is 18.7 Å². The summed E-state index contributed by atoms with van der Waals surface area (Å²) in [5.41, 5.74) is 4.02. The van der Waals surface area contributed by atoms with Crippen LogP contribution in [0.2, 0.25) is 0 Å². The molecule has 1 unspecified atom stereocenters. The average molecular weight is 283 g/mol. The summed E-state index contributed by atoms with van der Waals surface area (Å²) < 4.78 is 5.89. The third-order valence-electron chi connectivity index (χ3n) is 3.45. The zero-order chi connectivity index (χ0) is 15.1. The summed E-state index contributed by atoms with van der Waals surface area (Å²) in [6, 6.07) is 17.1. The second-order valence-corrected chi connectivity index (χ2v) is 5.58. The summed E-state index contributed by atoms with van der Waals surface area (Å²) in [7, 11) is 0. The molecular formula is C19H25NO. The maximum atomic E-state index is 5.89. The maximum absolute atomic E-state index is 5.89. The smallest absolute Gasteiger partial charge is 0.119 e. The quantitative estimate of drug-likeness (QED) is 0.832. The molecular weight excluding hydrogens is 258 g/mol. The van der Waals surface area contributed by atoms with Gasteiger partial charge in [0.25, 0.3) is 0 Å². The Morgan fingerprint density at radius 2 is 1.67 bits per heavy atom. The largest absolute Gasteiger partial charge is 0.492 e. The Balaban J connectivity index is 1.98. The van der Waals surface area contributed by atoms with Crippen LogP contribution in [-0.4, -0.2) is 19.2 Å². The molecule has 0 aliphatic rings. The fourth-order valence-corrected chi connectivity index (χ4v) is 2.66. The van der Waals surface area contributed by atoms with Crippen molar-refractivity contribution in [3.8, 4) is 5.75 Å². The zero-order valence-electron chi connectivity index (χ0n) is 13.2. The summed E-state index contributed by atoms with van der Waals surface area (Å²) in [4.78, 5) is 0. The Kier molecular flexibility index (Phi) is 5.82. The number of aryl methyl sites for hydroxylation is 2. The maximum Gasteiger partial charge on any atom is 0.119 e. The predicted octanol–water partition coefficient (Wildman–Crippen LogP) is 3.90. The van der Waals surface area contributed by atoms with Crippen LogP contribution in [0.3, 0.4) is 0 Å². The van der Waals surface area contributed by atoms with Crippen molar-refractivity contribution in [2.75, 3.05) is 13.2 Å². The first-order chi connectivity index (χ1) is 10.2. The Morgan fingerprint density at radius 1 is 1.00 bits per heavy atom. The highest BCUT2D eigenvalue weighted by Crippen LogP contribution is 2.13. The lowest BCUT2D eigenvalue weighted by Gasteiger charge is -2.19. The van der Waals surface area contributed by atoms with Gasteiger partial charge in [-0.2, -0.15) is 0 Å². The highest BCUT2D eigenvalue weighted by molar-refractivity contribution is 5.29. The van der Waals surface area contributed by atoms with Crippen LogP contribution < -0.4 is 10.1 Å². The summed E-state index contributed by atoms with van der Waals surface area (Å²) in [6.45, 7) is 8.08. The average Bonchev–Trinajstić information content (AvgIpc) is 2.45. The number of para-hydroxylation sites is 1. The standard InChI is InChI=1S/C19H25NO/c1-4-20-18(14-21-19-8-6-5-7-9-19)13-17-11-15(2)10-16(3)12-17/h5-12,18,20H,4,13-14H2,1-3H3. The van der Waals surface area contributed by atoms with E-state index in [1.54, 1.807) is 0 Å². The predicted molar refractivity (Wildman–Crippen MR) is 89.0 cm³/mol. The van der Waals surface area contributed by atoms with Gasteiger partial charge < -0.3 is 10.1 Å². The molecule has 0 bridgehead atoms. The highest BCUT2D eigenvalue weighted by Gasteiger charge is 2.10. The van der Waals surface area contributed by atoms with E-state index in [9.17, 15) is 0 Å². The van der Waals surface area contributed by atoms with Crippen LogP contribution in [-0.2, 0) is 6.42 Å². The van der Waals surface area contributed by atoms with Crippen LogP contribution in [0.1, 0.15) is 23.6 Å². The van der Waals surface area contributed by atoms with Gasteiger partial charge in [0.1, 0.15) is 12.4 Å². The highest BCUT2D eigenvalue weighted by atomic mass is 16.5. The van der Waals surface area contributed by atoms with Crippen molar-refractivity contribution in [2.24, 2.45) is 0 Å². The van der Waals surface area contributed by atoms with Gasteiger partial charge in [-0.1, -0.05) is 54.4 Å². The molecule has 1 atom stereocenters. The Bertz CT molecular complexity index is 530. The van der Waals surface area contributed by atoms with E-state index < -0.39 is 0 Å². The molecule has 0 amide bonds. The molecule has 2 aromatic carbocycles. The van der Waals surface area contributed by atoms with Gasteiger partial charge in [-0.25, -0.2) is 0 Å². The van der Waals surface area contributed by atoms with E-state index in [0.29, 0.717) is 12.6 Å². The third kappa shape index (κ3) is 5.24. The molecule has 2 heteroatoms. The van der Waals surface area contributed by atoms with Gasteiger partial charge in [0.2, 0.25) is 0 Å². The molecule has 2 rings (SSSR count). The number of hydrogen-bond donors (Lipinski definition) is 1. The van der Waals surface area contributed by atoms with Crippen LogP contribution in [0.5, 0.6) is 5.75 Å². The van der Waals surface area contributed by atoms with E-state index in [4.69, 9.17) is 4.74 Å². The summed E-state index contributed by atoms with van der Waals surface area (Å²) in [6.07, 6.45) is 0.989. The number of rotatable bonds is 7. The molecule has 0 radical (unpaired) electrons. The minimum Gasteiger partial charge on any atom is -0.492 e. The van der Waals surface area contributed by atoms with Crippen LogP contribution in [0, 0.1) is 13.8 Å². The van der Waals surface area contributed by atoms with Gasteiger partial charge in [0.15, 0.2) is 0 Å². The van der Waals surface area contributed by atoms with Crippen LogP contribution in [0.4, 0.5) is 0 Å². The number of likely N-dealkylation sites (N-methyl/N-ethyl adjacent to an activating group) is 1. The number of nitrogens with one attached hydrogen (secondary N) is 1. The summed E-state index contributed by atoms with van der Waals surface area (Å²) >= 11 is 0. The van der Waals surface area contributed by atoms with Gasteiger partial charge in [0, 0.05) is 6.04 Å². The van der Waals surface area contributed by atoms with Gasteiger partial charge in [-0.3, -0.25) is 0 Å². The topological polar surface area (TPSA) is 21.3 Å². The van der Waals surface area contributed by atoms with Crippen LogP contribution in [0.25, 0.3) is 0 Å². The number of ether oxygens (including phenoxy) is 1. The molecule has 2 aromatic rings. The molecule has 0 aliphatic heterocycles. The summed E-state index contributed by atoms with van der Waals surface area (Å²) in [5.74, 6) is 0.931. The van der Waals surface area contributed by atoms with Gasteiger partial charge in [0.05, 0.1) is 0 Å². The fourth-order valence-electron chi connectivity index (χ4n) is 2.66. The van der Waals surface area contributed by atoms with Gasteiger partial charge in [-0.15, -0.1) is 0 Å². The van der Waals surface area contributed by atoms with E-state index in [-0.39, 0.29) is 0 Å².